The number of carbonyl (C=O) groups excluding carboxylic acids is 1. The van der Waals surface area contributed by atoms with Gasteiger partial charge in [-0.1, -0.05) is 17.5 Å². The quantitative estimate of drug-likeness (QED) is 0.284. The fourth-order valence-corrected chi connectivity index (χ4v) is 1.50. The molecule has 0 spiro atoms. The molecule has 0 saturated carbocycles. The van der Waals surface area contributed by atoms with Gasteiger partial charge >= 0.3 is 5.97 Å². The monoisotopic (exact) mass is 254 g/mol. The molecule has 2 N–H and O–H groups in total. The molecule has 1 rings (SSSR count). The van der Waals surface area contributed by atoms with E-state index in [0.29, 0.717) is 0 Å². The topological polar surface area (TPSA) is 95.5 Å². The standard InChI is InChI=1S/C10H7ClN2O4/c1-3-5-8(11)6(10(14)17-2)4-7(9(5)12)13(15)16/h1,4H,12H2,2H3. The molecule has 0 fully saturated rings. The Bertz CT molecular complexity index is 548. The number of nitro groups is 1. The normalized spacial score (nSPS) is 9.47. The maximum Gasteiger partial charge on any atom is 0.339 e. The third-order valence-electron chi connectivity index (χ3n) is 2.03. The fourth-order valence-electron chi connectivity index (χ4n) is 1.21. The van der Waals surface area contributed by atoms with Crippen molar-refractivity contribution in [3.8, 4) is 12.3 Å². The van der Waals surface area contributed by atoms with E-state index in [1.54, 1.807) is 0 Å². The van der Waals surface area contributed by atoms with E-state index in [1.807, 2.05) is 0 Å². The second kappa shape index (κ2) is 4.72. The molecule has 6 nitrogen and oxygen atoms in total. The highest BCUT2D eigenvalue weighted by Gasteiger charge is 2.24. The number of benzene rings is 1. The maximum absolute atomic E-state index is 11.3. The van der Waals surface area contributed by atoms with Gasteiger partial charge in [0, 0.05) is 6.07 Å². The number of nitrogens with zero attached hydrogens (tertiary/aromatic N) is 1. The zero-order valence-electron chi connectivity index (χ0n) is 8.69. The zero-order chi connectivity index (χ0) is 13.2. The third kappa shape index (κ3) is 2.14. The van der Waals surface area contributed by atoms with Gasteiger partial charge in [0.05, 0.1) is 28.2 Å². The first-order valence-corrected chi connectivity index (χ1v) is 4.63. The minimum Gasteiger partial charge on any atom is -0.465 e. The molecule has 0 aromatic heterocycles. The van der Waals surface area contributed by atoms with Crippen LogP contribution in [0.25, 0.3) is 0 Å². The number of nitro benzene ring substituents is 1. The molecule has 0 saturated heterocycles. The summed E-state index contributed by atoms with van der Waals surface area (Å²) in [6.45, 7) is 0. The van der Waals surface area contributed by atoms with E-state index >= 15 is 0 Å². The van der Waals surface area contributed by atoms with Crippen molar-refractivity contribution in [2.45, 2.75) is 0 Å². The summed E-state index contributed by atoms with van der Waals surface area (Å²) in [4.78, 5) is 21.3. The molecule has 0 aliphatic carbocycles. The van der Waals surface area contributed by atoms with Crippen LogP contribution >= 0.6 is 11.6 Å². The van der Waals surface area contributed by atoms with E-state index in [9.17, 15) is 14.9 Å². The van der Waals surface area contributed by atoms with Crippen molar-refractivity contribution in [3.63, 3.8) is 0 Å². The number of methoxy groups -OCH3 is 1. The van der Waals surface area contributed by atoms with Gasteiger partial charge in [0.15, 0.2) is 0 Å². The molecule has 0 radical (unpaired) electrons. The van der Waals surface area contributed by atoms with Gasteiger partial charge in [0.2, 0.25) is 0 Å². The SMILES string of the molecule is C#Cc1c(N)c([N+](=O)[O-])cc(C(=O)OC)c1Cl. The number of carbonyl (C=O) groups is 1. The summed E-state index contributed by atoms with van der Waals surface area (Å²) in [5, 5.41) is 10.6. The molecule has 0 bridgehead atoms. The number of hydrogen-bond acceptors (Lipinski definition) is 5. The first kappa shape index (κ1) is 12.8. The summed E-state index contributed by atoms with van der Waals surface area (Å²) in [6, 6.07) is 0.935. The van der Waals surface area contributed by atoms with Crippen molar-refractivity contribution in [1.82, 2.24) is 0 Å². The van der Waals surface area contributed by atoms with Crippen molar-refractivity contribution in [2.24, 2.45) is 0 Å². The lowest BCUT2D eigenvalue weighted by Gasteiger charge is -2.07. The number of anilines is 1. The van der Waals surface area contributed by atoms with E-state index in [-0.39, 0.29) is 21.8 Å². The summed E-state index contributed by atoms with van der Waals surface area (Å²) < 4.78 is 4.44. The van der Waals surface area contributed by atoms with Gasteiger partial charge < -0.3 is 10.5 Å². The van der Waals surface area contributed by atoms with Gasteiger partial charge in [-0.2, -0.15) is 0 Å². The van der Waals surface area contributed by atoms with Gasteiger partial charge in [-0.3, -0.25) is 10.1 Å². The predicted octanol–water partition coefficient (Wildman–Crippen LogP) is 1.60. The summed E-state index contributed by atoms with van der Waals surface area (Å²) >= 11 is 5.82. The Hall–Kier alpha value is -2.26. The van der Waals surface area contributed by atoms with E-state index < -0.39 is 16.6 Å². The van der Waals surface area contributed by atoms with E-state index in [0.717, 1.165) is 13.2 Å². The van der Waals surface area contributed by atoms with Crippen LogP contribution in [0.15, 0.2) is 6.07 Å². The van der Waals surface area contributed by atoms with Crippen molar-refractivity contribution in [1.29, 1.82) is 0 Å². The van der Waals surface area contributed by atoms with Crippen molar-refractivity contribution < 1.29 is 14.5 Å². The number of rotatable bonds is 2. The minimum absolute atomic E-state index is 0.0960. The lowest BCUT2D eigenvalue weighted by molar-refractivity contribution is -0.383. The molecule has 0 aliphatic rings. The van der Waals surface area contributed by atoms with Gasteiger partial charge in [-0.25, -0.2) is 4.79 Å². The highest BCUT2D eigenvalue weighted by Crippen LogP contribution is 2.34. The van der Waals surface area contributed by atoms with Crippen LogP contribution in [-0.2, 0) is 4.74 Å². The van der Waals surface area contributed by atoms with Crippen molar-refractivity contribution in [2.75, 3.05) is 12.8 Å². The smallest absolute Gasteiger partial charge is 0.339 e. The van der Waals surface area contributed by atoms with Crippen LogP contribution in [0.5, 0.6) is 0 Å². The molecule has 0 aliphatic heterocycles. The van der Waals surface area contributed by atoms with Gasteiger partial charge in [-0.05, 0) is 0 Å². The van der Waals surface area contributed by atoms with Gasteiger partial charge in [0.1, 0.15) is 5.69 Å². The second-order valence-electron chi connectivity index (χ2n) is 2.94. The Labute approximate surface area is 101 Å². The maximum atomic E-state index is 11.3. The number of nitrogens with two attached hydrogens (primary N) is 1. The van der Waals surface area contributed by atoms with Gasteiger partial charge in [0.25, 0.3) is 5.69 Å². The molecule has 88 valence electrons. The van der Waals surface area contributed by atoms with Crippen molar-refractivity contribution in [3.05, 3.63) is 32.3 Å². The number of halogens is 1. The molecule has 0 heterocycles. The Morgan fingerprint density at radius 1 is 1.71 bits per heavy atom. The number of ether oxygens (including phenoxy) is 1. The van der Waals surface area contributed by atoms with Crippen LogP contribution in [0.4, 0.5) is 11.4 Å². The second-order valence-corrected chi connectivity index (χ2v) is 3.32. The third-order valence-corrected chi connectivity index (χ3v) is 2.42. The van der Waals surface area contributed by atoms with E-state index in [2.05, 4.69) is 10.7 Å². The summed E-state index contributed by atoms with van der Waals surface area (Å²) in [7, 11) is 1.12. The summed E-state index contributed by atoms with van der Waals surface area (Å²) in [5.41, 5.74) is 4.46. The van der Waals surface area contributed by atoms with Gasteiger partial charge in [-0.15, -0.1) is 6.42 Å². The highest BCUT2D eigenvalue weighted by atomic mass is 35.5. The molecule has 1 aromatic rings. The van der Waals surface area contributed by atoms with Crippen LogP contribution in [0.2, 0.25) is 5.02 Å². The molecule has 0 atom stereocenters. The fraction of sp³-hybridized carbons (Fsp3) is 0.100. The molecule has 1 aromatic carbocycles. The molecule has 0 amide bonds. The zero-order valence-corrected chi connectivity index (χ0v) is 9.45. The molecule has 0 unspecified atom stereocenters. The average Bonchev–Trinajstić information content (AvgIpc) is 2.28. The lowest BCUT2D eigenvalue weighted by Crippen LogP contribution is -2.07. The Kier molecular flexibility index (Phi) is 3.55. The first-order valence-electron chi connectivity index (χ1n) is 4.25. The number of esters is 1. The molecular weight excluding hydrogens is 248 g/mol. The predicted molar refractivity (Wildman–Crippen MR) is 61.8 cm³/mol. The summed E-state index contributed by atoms with van der Waals surface area (Å²) in [6.07, 6.45) is 5.14. The van der Waals surface area contributed by atoms with E-state index in [4.69, 9.17) is 23.8 Å². The van der Waals surface area contributed by atoms with Crippen LogP contribution in [0.1, 0.15) is 15.9 Å². The van der Waals surface area contributed by atoms with Crippen LogP contribution in [-0.4, -0.2) is 18.0 Å². The summed E-state index contributed by atoms with van der Waals surface area (Å²) in [5.74, 6) is 1.28. The lowest BCUT2D eigenvalue weighted by atomic mass is 10.1. The van der Waals surface area contributed by atoms with E-state index in [1.165, 1.54) is 0 Å². The minimum atomic E-state index is -0.824. The number of nitrogen functional groups attached to an aromatic ring is 1. The Morgan fingerprint density at radius 2 is 2.29 bits per heavy atom. The largest absolute Gasteiger partial charge is 0.465 e. The highest BCUT2D eigenvalue weighted by molar-refractivity contribution is 6.35. The van der Waals surface area contributed by atoms with Crippen LogP contribution in [0, 0.1) is 22.5 Å². The average molecular weight is 255 g/mol. The first-order chi connectivity index (χ1) is 7.93. The molecular formula is C10H7ClN2O4. The number of hydrogen-bond donors (Lipinski definition) is 1. The van der Waals surface area contributed by atoms with Crippen LogP contribution in [0.3, 0.4) is 0 Å². The van der Waals surface area contributed by atoms with Crippen LogP contribution < -0.4 is 5.73 Å². The number of terminal acetylenes is 1. The Morgan fingerprint density at radius 3 is 2.71 bits per heavy atom. The molecule has 17 heavy (non-hydrogen) atoms. The molecule has 7 heteroatoms. The van der Waals surface area contributed by atoms with Crippen molar-refractivity contribution >= 4 is 28.9 Å². The Balaban J connectivity index is 3.66.